The van der Waals surface area contributed by atoms with Crippen molar-refractivity contribution in [2.45, 2.75) is 39.8 Å². The number of nitrogens with zero attached hydrogens (tertiary/aromatic N) is 4. The average molecular weight is 541 g/mol. The third-order valence-corrected chi connectivity index (χ3v) is 7.43. The summed E-state index contributed by atoms with van der Waals surface area (Å²) in [6.07, 6.45) is 3.63. The topological polar surface area (TPSA) is 84.3 Å². The summed E-state index contributed by atoms with van der Waals surface area (Å²) in [6.45, 7) is 8.28. The maximum atomic E-state index is 12.1. The van der Waals surface area contributed by atoms with Gasteiger partial charge in [-0.05, 0) is 99.1 Å². The van der Waals surface area contributed by atoms with Gasteiger partial charge >= 0.3 is 0 Å². The third-order valence-electron chi connectivity index (χ3n) is 7.12. The van der Waals surface area contributed by atoms with Crippen LogP contribution in [0.15, 0.2) is 67.0 Å². The van der Waals surface area contributed by atoms with Gasteiger partial charge in [0.05, 0.1) is 17.8 Å². The van der Waals surface area contributed by atoms with E-state index in [4.69, 9.17) is 17.0 Å². The van der Waals surface area contributed by atoms with E-state index in [2.05, 4.69) is 63.0 Å². The lowest BCUT2D eigenvalue weighted by atomic mass is 9.96. The van der Waals surface area contributed by atoms with Gasteiger partial charge in [0.2, 0.25) is 5.91 Å². The van der Waals surface area contributed by atoms with Gasteiger partial charge in [0.15, 0.2) is 5.11 Å². The molecule has 9 heteroatoms. The first-order valence-corrected chi connectivity index (χ1v) is 13.2. The zero-order valence-corrected chi connectivity index (χ0v) is 23.5. The largest absolute Gasteiger partial charge is 0.375 e. The molecule has 200 valence electrons. The summed E-state index contributed by atoms with van der Waals surface area (Å²) in [5.41, 5.74) is 7.92. The molecule has 0 radical (unpaired) electrons. The van der Waals surface area contributed by atoms with Gasteiger partial charge in [-0.3, -0.25) is 9.78 Å². The van der Waals surface area contributed by atoms with Crippen molar-refractivity contribution in [2.75, 3.05) is 23.9 Å². The van der Waals surface area contributed by atoms with Crippen molar-refractivity contribution >= 4 is 34.6 Å². The van der Waals surface area contributed by atoms with E-state index in [-0.39, 0.29) is 24.6 Å². The van der Waals surface area contributed by atoms with E-state index in [9.17, 15) is 4.79 Å². The Morgan fingerprint density at radius 2 is 1.82 bits per heavy atom. The number of thiocarbonyl (C=S) groups is 1. The van der Waals surface area contributed by atoms with Crippen LogP contribution in [0.4, 0.5) is 11.4 Å². The van der Waals surface area contributed by atoms with E-state index in [0.717, 1.165) is 51.0 Å². The molecule has 1 amide bonds. The van der Waals surface area contributed by atoms with Crippen molar-refractivity contribution in [3.8, 4) is 5.82 Å². The molecule has 39 heavy (non-hydrogen) atoms. The molecule has 2 N–H and O–H groups in total. The van der Waals surface area contributed by atoms with E-state index >= 15 is 0 Å². The van der Waals surface area contributed by atoms with Crippen molar-refractivity contribution in [1.29, 1.82) is 0 Å². The van der Waals surface area contributed by atoms with Gasteiger partial charge in [0.25, 0.3) is 0 Å². The van der Waals surface area contributed by atoms with Crippen LogP contribution in [0.3, 0.4) is 0 Å². The lowest BCUT2D eigenvalue weighted by Crippen LogP contribution is -2.29. The molecule has 2 atom stereocenters. The Hall–Kier alpha value is -4.08. The summed E-state index contributed by atoms with van der Waals surface area (Å²) in [5, 5.41) is 7.07. The Morgan fingerprint density at radius 1 is 1.03 bits per heavy atom. The number of hydrogen-bond donors (Lipinski definition) is 2. The molecular weight excluding hydrogens is 508 g/mol. The predicted molar refractivity (Wildman–Crippen MR) is 157 cm³/mol. The van der Waals surface area contributed by atoms with Crippen LogP contribution in [0.5, 0.6) is 0 Å². The number of methoxy groups -OCH3 is 1. The number of amides is 1. The number of aromatic nitrogens is 3. The molecule has 0 bridgehead atoms. The number of pyridine rings is 2. The van der Waals surface area contributed by atoms with Gasteiger partial charge in [-0.1, -0.05) is 12.1 Å². The Bertz CT molecular complexity index is 1530. The lowest BCUT2D eigenvalue weighted by Gasteiger charge is -2.29. The SMILES string of the molecule is COCC(=O)Nc1ccc(N2C(=S)N[C@H](c3ccccn3)[C@H]2c2cc(C)n(-c3ncccc3C)c2C)cc1C. The van der Waals surface area contributed by atoms with E-state index in [1.54, 1.807) is 0 Å². The standard InChI is InChI=1S/C30H32N6O2S/c1-18-9-8-14-32-29(18)35-20(3)16-23(21(35)4)28-27(25-10-6-7-13-31-25)34-30(39)36(28)22-11-12-24(19(2)15-22)33-26(37)17-38-5/h6-16,27-28H,17H2,1-5H3,(H,33,37)(H,34,39)/t27-,28-/m1/s1. The minimum absolute atomic E-state index is 0.000511. The molecule has 4 heterocycles. The Kier molecular flexibility index (Phi) is 7.45. The summed E-state index contributed by atoms with van der Waals surface area (Å²) in [4.78, 5) is 23.6. The molecule has 0 aliphatic carbocycles. The van der Waals surface area contributed by atoms with Crippen molar-refractivity contribution in [3.63, 3.8) is 0 Å². The van der Waals surface area contributed by atoms with Crippen LogP contribution in [0.2, 0.25) is 0 Å². The Morgan fingerprint density at radius 3 is 2.51 bits per heavy atom. The number of carbonyl (C=O) groups excluding carboxylic acids is 1. The number of hydrogen-bond acceptors (Lipinski definition) is 5. The normalized spacial score (nSPS) is 16.8. The van der Waals surface area contributed by atoms with E-state index in [1.165, 1.54) is 7.11 Å². The van der Waals surface area contributed by atoms with Gasteiger partial charge in [-0.2, -0.15) is 0 Å². The van der Waals surface area contributed by atoms with Crippen LogP contribution in [-0.2, 0) is 9.53 Å². The number of benzene rings is 1. The number of rotatable bonds is 7. The minimum atomic E-state index is -0.197. The van der Waals surface area contributed by atoms with Crippen LogP contribution in [-0.4, -0.2) is 39.3 Å². The van der Waals surface area contributed by atoms with Gasteiger partial charge in [-0.25, -0.2) is 4.98 Å². The summed E-state index contributed by atoms with van der Waals surface area (Å²) in [7, 11) is 1.50. The minimum Gasteiger partial charge on any atom is -0.375 e. The summed E-state index contributed by atoms with van der Waals surface area (Å²) < 4.78 is 7.16. The molecule has 0 unspecified atom stereocenters. The predicted octanol–water partition coefficient (Wildman–Crippen LogP) is 5.26. The molecule has 0 spiro atoms. The molecule has 1 saturated heterocycles. The summed E-state index contributed by atoms with van der Waals surface area (Å²) in [5.74, 6) is 0.720. The molecule has 3 aromatic heterocycles. The molecule has 5 rings (SSSR count). The van der Waals surface area contributed by atoms with Crippen LogP contribution in [0.1, 0.15) is 45.9 Å². The molecule has 0 saturated carbocycles. The second kappa shape index (κ2) is 11.0. The fraction of sp³-hybridized carbons (Fsp3) is 0.267. The van der Waals surface area contributed by atoms with Crippen LogP contribution < -0.4 is 15.5 Å². The zero-order chi connectivity index (χ0) is 27.7. The number of anilines is 2. The van der Waals surface area contributed by atoms with Crippen LogP contribution in [0, 0.1) is 27.7 Å². The van der Waals surface area contributed by atoms with Crippen molar-refractivity contribution < 1.29 is 9.53 Å². The van der Waals surface area contributed by atoms with E-state index < -0.39 is 0 Å². The first-order chi connectivity index (χ1) is 18.8. The Balaban J connectivity index is 1.62. The molecule has 1 aliphatic heterocycles. The highest BCUT2D eigenvalue weighted by Gasteiger charge is 2.42. The maximum Gasteiger partial charge on any atom is 0.250 e. The van der Waals surface area contributed by atoms with Crippen LogP contribution in [0.25, 0.3) is 5.82 Å². The molecule has 1 fully saturated rings. The fourth-order valence-electron chi connectivity index (χ4n) is 5.33. The van der Waals surface area contributed by atoms with Gasteiger partial charge < -0.3 is 24.8 Å². The quantitative estimate of drug-likeness (QED) is 0.309. The van der Waals surface area contributed by atoms with Gasteiger partial charge in [0, 0.05) is 42.3 Å². The maximum absolute atomic E-state index is 12.1. The molecule has 1 aliphatic rings. The number of aryl methyl sites for hydroxylation is 3. The van der Waals surface area contributed by atoms with Gasteiger partial charge in [-0.15, -0.1) is 0 Å². The smallest absolute Gasteiger partial charge is 0.250 e. The number of ether oxygens (including phenoxy) is 1. The van der Waals surface area contributed by atoms with E-state index in [0.29, 0.717) is 5.11 Å². The highest BCUT2D eigenvalue weighted by atomic mass is 32.1. The third kappa shape index (κ3) is 5.03. The molecule has 1 aromatic carbocycles. The molecular formula is C30H32N6O2S. The zero-order valence-electron chi connectivity index (χ0n) is 22.7. The highest BCUT2D eigenvalue weighted by molar-refractivity contribution is 7.80. The van der Waals surface area contributed by atoms with Crippen molar-refractivity contribution in [1.82, 2.24) is 19.9 Å². The number of nitrogens with one attached hydrogen (secondary N) is 2. The molecule has 8 nitrogen and oxygen atoms in total. The lowest BCUT2D eigenvalue weighted by molar-refractivity contribution is -0.119. The monoisotopic (exact) mass is 540 g/mol. The second-order valence-electron chi connectivity index (χ2n) is 9.78. The number of carbonyl (C=O) groups is 1. The highest BCUT2D eigenvalue weighted by Crippen LogP contribution is 2.44. The first-order valence-electron chi connectivity index (χ1n) is 12.8. The summed E-state index contributed by atoms with van der Waals surface area (Å²) in [6, 6.07) is 17.8. The van der Waals surface area contributed by atoms with E-state index in [1.807, 2.05) is 61.8 Å². The average Bonchev–Trinajstić information content (AvgIpc) is 3.41. The van der Waals surface area contributed by atoms with Crippen LogP contribution >= 0.6 is 12.2 Å². The van der Waals surface area contributed by atoms with Crippen molar-refractivity contribution in [3.05, 3.63) is 101 Å². The summed E-state index contributed by atoms with van der Waals surface area (Å²) >= 11 is 5.94. The second-order valence-corrected chi connectivity index (χ2v) is 10.2. The first kappa shape index (κ1) is 26.5. The van der Waals surface area contributed by atoms with Gasteiger partial charge in [0.1, 0.15) is 12.4 Å². The molecule has 4 aromatic rings. The van der Waals surface area contributed by atoms with Crippen molar-refractivity contribution in [2.24, 2.45) is 0 Å². The Labute approximate surface area is 234 Å². The fourth-order valence-corrected chi connectivity index (χ4v) is 5.67.